The molecular weight excluding hydrogens is 407 g/mol. The number of nitrogens with one attached hydrogen (secondary N) is 3. The molecule has 0 saturated heterocycles. The molecule has 0 aliphatic rings. The number of guanidine groups is 1. The smallest absolute Gasteiger partial charge is 0.231 e. The highest BCUT2D eigenvalue weighted by atomic mass is 19.1. The zero-order valence-electron chi connectivity index (χ0n) is 17.7. The van der Waals surface area contributed by atoms with Crippen LogP contribution in [0, 0.1) is 11.2 Å². The number of halogens is 1. The van der Waals surface area contributed by atoms with E-state index in [1.54, 1.807) is 43.5 Å². The van der Waals surface area contributed by atoms with Gasteiger partial charge in [-0.2, -0.15) is 0 Å². The largest absolute Gasteiger partial charge is 0.497 e. The first-order valence-corrected chi connectivity index (χ1v) is 10.1. The molecule has 0 spiro atoms. The van der Waals surface area contributed by atoms with E-state index in [1.807, 2.05) is 43.3 Å². The summed E-state index contributed by atoms with van der Waals surface area (Å²) in [6.07, 6.45) is 0. The Kier molecular flexibility index (Phi) is 6.17. The number of anilines is 2. The van der Waals surface area contributed by atoms with Crippen LogP contribution in [-0.2, 0) is 0 Å². The van der Waals surface area contributed by atoms with E-state index in [0.717, 1.165) is 22.6 Å². The first-order valence-electron chi connectivity index (χ1n) is 10.1. The van der Waals surface area contributed by atoms with Crippen molar-refractivity contribution in [2.45, 2.75) is 12.8 Å². The molecule has 1 atom stereocenters. The normalized spacial score (nSPS) is 11.6. The molecule has 0 saturated carbocycles. The summed E-state index contributed by atoms with van der Waals surface area (Å²) in [6, 6.07) is 23.5. The van der Waals surface area contributed by atoms with Gasteiger partial charge in [0, 0.05) is 23.2 Å². The molecule has 0 bridgehead atoms. The number of nitrogens with zero attached hydrogens (tertiary/aromatic N) is 1. The summed E-state index contributed by atoms with van der Waals surface area (Å²) in [4.78, 5) is 0. The molecule has 0 aliphatic heterocycles. The van der Waals surface area contributed by atoms with Crippen molar-refractivity contribution >= 4 is 17.5 Å². The molecule has 7 heteroatoms. The van der Waals surface area contributed by atoms with E-state index in [1.165, 1.54) is 6.07 Å². The molecule has 4 rings (SSSR count). The van der Waals surface area contributed by atoms with Gasteiger partial charge in [-0.1, -0.05) is 54.5 Å². The molecule has 3 aromatic carbocycles. The van der Waals surface area contributed by atoms with E-state index >= 15 is 0 Å². The van der Waals surface area contributed by atoms with Crippen LogP contribution in [0.5, 0.6) is 5.75 Å². The number of hydrogen-bond donors (Lipinski definition) is 3. The summed E-state index contributed by atoms with van der Waals surface area (Å²) < 4.78 is 25.2. The highest BCUT2D eigenvalue weighted by Crippen LogP contribution is 2.30. The van der Waals surface area contributed by atoms with Gasteiger partial charge in [-0.15, -0.1) is 0 Å². The van der Waals surface area contributed by atoms with Crippen LogP contribution in [0.25, 0.3) is 11.1 Å². The summed E-state index contributed by atoms with van der Waals surface area (Å²) in [5, 5.41) is 17.9. The van der Waals surface area contributed by atoms with Gasteiger partial charge in [0.05, 0.1) is 12.8 Å². The number of benzene rings is 3. The number of hydrogen-bond acceptors (Lipinski definition) is 4. The van der Waals surface area contributed by atoms with E-state index in [0.29, 0.717) is 17.1 Å². The molecule has 0 aliphatic carbocycles. The predicted molar refractivity (Wildman–Crippen MR) is 124 cm³/mol. The third-order valence-corrected chi connectivity index (χ3v) is 5.16. The summed E-state index contributed by atoms with van der Waals surface area (Å²) in [7, 11) is 1.60. The second kappa shape index (κ2) is 9.34. The van der Waals surface area contributed by atoms with Gasteiger partial charge in [-0.3, -0.25) is 10.7 Å². The Bertz CT molecular complexity index is 1210. The maximum absolute atomic E-state index is 14.7. The Morgan fingerprint density at radius 1 is 1.00 bits per heavy atom. The maximum atomic E-state index is 14.7. The number of rotatable bonds is 6. The number of ether oxygens (including phenoxy) is 1. The lowest BCUT2D eigenvalue weighted by Crippen LogP contribution is -2.20. The molecule has 6 nitrogen and oxygen atoms in total. The van der Waals surface area contributed by atoms with Crippen LogP contribution in [0.3, 0.4) is 0 Å². The topological polar surface area (TPSA) is 83.2 Å². The van der Waals surface area contributed by atoms with Crippen molar-refractivity contribution < 1.29 is 13.7 Å². The van der Waals surface area contributed by atoms with E-state index < -0.39 is 0 Å². The van der Waals surface area contributed by atoms with Gasteiger partial charge < -0.3 is 14.6 Å². The van der Waals surface area contributed by atoms with E-state index in [4.69, 9.17) is 14.7 Å². The molecular formula is C25H23FN4O2. The second-order valence-electron chi connectivity index (χ2n) is 7.30. The first-order chi connectivity index (χ1) is 15.5. The van der Waals surface area contributed by atoms with Gasteiger partial charge in [-0.25, -0.2) is 4.39 Å². The third-order valence-electron chi connectivity index (χ3n) is 5.16. The van der Waals surface area contributed by atoms with Crippen LogP contribution in [0.15, 0.2) is 83.4 Å². The third kappa shape index (κ3) is 4.78. The second-order valence-corrected chi connectivity index (χ2v) is 7.30. The lowest BCUT2D eigenvalue weighted by Gasteiger charge is -2.11. The molecule has 0 radical (unpaired) electrons. The van der Waals surface area contributed by atoms with Crippen molar-refractivity contribution in [2.24, 2.45) is 0 Å². The summed E-state index contributed by atoms with van der Waals surface area (Å²) >= 11 is 0. The van der Waals surface area contributed by atoms with Gasteiger partial charge in [0.25, 0.3) is 0 Å². The summed E-state index contributed by atoms with van der Waals surface area (Å²) in [6.45, 7) is 1.93. The van der Waals surface area contributed by atoms with Crippen LogP contribution < -0.4 is 15.4 Å². The molecule has 1 heterocycles. The van der Waals surface area contributed by atoms with Crippen molar-refractivity contribution in [3.63, 3.8) is 0 Å². The minimum Gasteiger partial charge on any atom is -0.497 e. The molecule has 162 valence electrons. The van der Waals surface area contributed by atoms with E-state index in [2.05, 4.69) is 15.8 Å². The Balaban J connectivity index is 1.42. The van der Waals surface area contributed by atoms with Gasteiger partial charge in [0.1, 0.15) is 11.6 Å². The predicted octanol–water partition coefficient (Wildman–Crippen LogP) is 6.10. The van der Waals surface area contributed by atoms with Gasteiger partial charge in [0.15, 0.2) is 5.96 Å². The van der Waals surface area contributed by atoms with Crippen molar-refractivity contribution in [1.82, 2.24) is 5.16 Å². The first kappa shape index (κ1) is 21.1. The molecule has 1 unspecified atom stereocenters. The van der Waals surface area contributed by atoms with Crippen molar-refractivity contribution in [3.05, 3.63) is 95.9 Å². The lowest BCUT2D eigenvalue weighted by atomic mass is 9.95. The maximum Gasteiger partial charge on any atom is 0.231 e. The van der Waals surface area contributed by atoms with E-state index in [9.17, 15) is 4.39 Å². The van der Waals surface area contributed by atoms with Gasteiger partial charge in [0.2, 0.25) is 5.88 Å². The van der Waals surface area contributed by atoms with Crippen molar-refractivity contribution in [1.29, 1.82) is 5.41 Å². The van der Waals surface area contributed by atoms with Crippen LogP contribution in [0.4, 0.5) is 16.0 Å². The quantitative estimate of drug-likeness (QED) is 0.254. The van der Waals surface area contributed by atoms with Gasteiger partial charge >= 0.3 is 0 Å². The minimum atomic E-state index is -0.284. The Morgan fingerprint density at radius 3 is 2.44 bits per heavy atom. The molecule has 3 N–H and O–H groups in total. The standard InChI is InChI=1S/C25H23FN4O2/c1-16(18-8-13-21(22(26)14-18)17-6-4-3-5-7-17)23-15-24(32-30-23)29-25(27)28-19-9-11-20(31-2)12-10-19/h3-16H,1-2H3,(H3,27,28,29). The molecule has 1 aromatic heterocycles. The van der Waals surface area contributed by atoms with Crippen molar-refractivity contribution in [2.75, 3.05) is 17.7 Å². The van der Waals surface area contributed by atoms with Crippen LogP contribution in [0.2, 0.25) is 0 Å². The van der Waals surface area contributed by atoms with E-state index in [-0.39, 0.29) is 17.7 Å². The monoisotopic (exact) mass is 430 g/mol. The lowest BCUT2D eigenvalue weighted by molar-refractivity contribution is 0.415. The Labute approximate surface area is 185 Å². The molecule has 4 aromatic rings. The van der Waals surface area contributed by atoms with Crippen LogP contribution >= 0.6 is 0 Å². The van der Waals surface area contributed by atoms with Crippen molar-refractivity contribution in [3.8, 4) is 16.9 Å². The average molecular weight is 430 g/mol. The number of aromatic nitrogens is 1. The highest BCUT2D eigenvalue weighted by Gasteiger charge is 2.17. The van der Waals surface area contributed by atoms with Gasteiger partial charge in [-0.05, 0) is 41.5 Å². The summed E-state index contributed by atoms with van der Waals surface area (Å²) in [5.74, 6) is 0.616. The van der Waals surface area contributed by atoms with Crippen LogP contribution in [-0.4, -0.2) is 18.2 Å². The fraction of sp³-hybridized carbons (Fsp3) is 0.120. The number of methoxy groups -OCH3 is 1. The Morgan fingerprint density at radius 2 is 1.75 bits per heavy atom. The SMILES string of the molecule is COc1ccc(NC(=N)Nc2cc(C(C)c3ccc(-c4ccccc4)c(F)c3)no2)cc1. The molecule has 0 fully saturated rings. The fourth-order valence-electron chi connectivity index (χ4n) is 3.35. The van der Waals surface area contributed by atoms with Crippen LogP contribution in [0.1, 0.15) is 24.1 Å². The highest BCUT2D eigenvalue weighted by molar-refractivity contribution is 6.00. The fourth-order valence-corrected chi connectivity index (χ4v) is 3.35. The average Bonchev–Trinajstić information content (AvgIpc) is 3.27. The minimum absolute atomic E-state index is 0.0313. The zero-order chi connectivity index (χ0) is 22.5. The molecule has 0 amide bonds. The summed E-state index contributed by atoms with van der Waals surface area (Å²) in [5.41, 5.74) is 3.54. The Hall–Kier alpha value is -4.13. The zero-order valence-corrected chi connectivity index (χ0v) is 17.7. The molecule has 32 heavy (non-hydrogen) atoms.